The zero-order valence-corrected chi connectivity index (χ0v) is 46.1. The van der Waals surface area contributed by atoms with Gasteiger partial charge in [-0.1, -0.05) is 67.7 Å². The van der Waals surface area contributed by atoms with Crippen molar-refractivity contribution in [2.75, 3.05) is 19.6 Å². The summed E-state index contributed by atoms with van der Waals surface area (Å²) < 4.78 is 0. The number of amides is 9. The summed E-state index contributed by atoms with van der Waals surface area (Å²) in [6, 6.07) is -14.1. The first-order chi connectivity index (χ1) is 36.8. The van der Waals surface area contributed by atoms with Crippen LogP contribution in [0.2, 0.25) is 0 Å². The average Bonchev–Trinajstić information content (AvgIpc) is 3.34. The van der Waals surface area contributed by atoms with Crippen LogP contribution >= 0.6 is 0 Å². The van der Waals surface area contributed by atoms with Crippen LogP contribution < -0.4 is 54.0 Å². The summed E-state index contributed by atoms with van der Waals surface area (Å²) in [4.78, 5) is 182. The summed E-state index contributed by atoms with van der Waals surface area (Å²) in [6.07, 6.45) is -1.98. The quantitative estimate of drug-likeness (QED) is 0.0274. The molecule has 9 amide bonds. The lowest BCUT2D eigenvalue weighted by Gasteiger charge is -2.37. The molecule has 448 valence electrons. The molecule has 0 aromatic rings. The van der Waals surface area contributed by atoms with Crippen LogP contribution in [0.15, 0.2) is 0 Å². The van der Waals surface area contributed by atoms with Crippen LogP contribution in [0.3, 0.4) is 0 Å². The zero-order valence-electron chi connectivity index (χ0n) is 46.1. The smallest absolute Gasteiger partial charge is 0.325 e. The number of carbonyl (C=O) groups excluding carboxylic acids is 9. The molecule has 0 spiro atoms. The summed E-state index contributed by atoms with van der Waals surface area (Å²) in [7, 11) is 0. The number of nitrogens with two attached hydrogens (primary N) is 2. The maximum absolute atomic E-state index is 14.6. The normalized spacial score (nSPS) is 14.5. The number of carbonyl (C=O) groups is 14. The Hall–Kier alpha value is -7.50. The van der Waals surface area contributed by atoms with Crippen molar-refractivity contribution in [1.82, 2.24) is 47.4 Å². The minimum absolute atomic E-state index is 0.210. The third-order valence-electron chi connectivity index (χ3n) is 12.1. The van der Waals surface area contributed by atoms with Gasteiger partial charge in [-0.3, -0.25) is 67.1 Å². The Kier molecular flexibility index (Phi) is 33.1. The van der Waals surface area contributed by atoms with Gasteiger partial charge >= 0.3 is 29.8 Å². The van der Waals surface area contributed by atoms with Gasteiger partial charge in [-0.05, 0) is 63.3 Å². The van der Waals surface area contributed by atoms with Gasteiger partial charge in [0.05, 0.1) is 25.4 Å². The Bertz CT molecular complexity index is 2140. The van der Waals surface area contributed by atoms with E-state index in [0.717, 1.165) is 11.8 Å². The minimum atomic E-state index is -2.04. The summed E-state index contributed by atoms with van der Waals surface area (Å²) in [5, 5.41) is 65.9. The number of nitrogens with zero attached hydrogens (tertiary/aromatic N) is 1. The van der Waals surface area contributed by atoms with Crippen LogP contribution in [0.1, 0.15) is 132 Å². The lowest BCUT2D eigenvalue weighted by Crippen LogP contribution is -2.62. The van der Waals surface area contributed by atoms with Crippen molar-refractivity contribution in [2.45, 2.75) is 187 Å². The van der Waals surface area contributed by atoms with E-state index in [1.807, 2.05) is 6.92 Å². The molecule has 9 unspecified atom stereocenters. The molecule has 0 heterocycles. The standard InChI is InChI=1S/C49H83N11O19/c1-9-10-13-20-60(48(77)32(22-37(68)69)57-46(75)39(25(4)5)58-41(70)28(51)14-11-12-19-50)40(26(6)7)47(76)56-31(21-36(66)67)44(73)55-30(16-18-35(64)65)43(72)59-38(24(2)3)45(74)52-23-33(61)54-29(15-17-34(62)63)42(71)53-27(8)49(78)79/h24-32,38-40H,9-23,50-51H2,1-8H3,(H,52,74)(H,53,71)(H,54,61)(H,55,73)(H,56,76)(H,57,75)(H,58,70)(H,59,72)(H,62,63)(H,64,65)(H,66,67)(H,68,69)(H,78,79). The van der Waals surface area contributed by atoms with E-state index in [2.05, 4.69) is 42.5 Å². The molecule has 0 aromatic heterocycles. The van der Waals surface area contributed by atoms with E-state index in [9.17, 15) is 82.4 Å². The summed E-state index contributed by atoms with van der Waals surface area (Å²) in [5.41, 5.74) is 11.6. The molecule has 30 nitrogen and oxygen atoms in total. The first-order valence-electron chi connectivity index (χ1n) is 26.0. The Balaban J connectivity index is 6.85. The molecule has 0 aliphatic heterocycles. The number of carboxylic acid groups (broad SMARTS) is 5. The number of aliphatic carboxylic acids is 5. The van der Waals surface area contributed by atoms with E-state index in [4.69, 9.17) is 21.7 Å². The lowest BCUT2D eigenvalue weighted by molar-refractivity contribution is -0.149. The molecular formula is C49H83N11O19. The molecule has 0 aliphatic rings. The number of nitrogens with one attached hydrogen (secondary N) is 8. The molecule has 30 heteroatoms. The van der Waals surface area contributed by atoms with Crippen LogP contribution in [0.5, 0.6) is 0 Å². The molecule has 0 rings (SSSR count). The van der Waals surface area contributed by atoms with Crippen molar-refractivity contribution in [3.05, 3.63) is 0 Å². The second kappa shape index (κ2) is 36.6. The van der Waals surface area contributed by atoms with Crippen LogP contribution in [-0.2, 0) is 67.1 Å². The van der Waals surface area contributed by atoms with Crippen molar-refractivity contribution in [2.24, 2.45) is 29.2 Å². The Morgan fingerprint density at radius 3 is 1.42 bits per heavy atom. The van der Waals surface area contributed by atoms with Gasteiger partial charge in [0.15, 0.2) is 0 Å². The van der Waals surface area contributed by atoms with E-state index < -0.39 is 200 Å². The second-order valence-electron chi connectivity index (χ2n) is 19.9. The SMILES string of the molecule is CCCCCN(C(=O)C(CC(=O)O)NC(=O)C(NC(=O)C(N)CCCCN)C(C)C)C(C(=O)NC(CC(=O)O)C(=O)NC(CCC(=O)O)C(=O)NC(C(=O)NCC(=O)NC(CCC(=O)O)C(=O)NC(C)C(=O)O)C(C)C)C(C)C. The molecule has 0 aromatic carbocycles. The predicted molar refractivity (Wildman–Crippen MR) is 279 cm³/mol. The Labute approximate surface area is 457 Å². The molecule has 0 saturated heterocycles. The van der Waals surface area contributed by atoms with Crippen molar-refractivity contribution >= 4 is 83.0 Å². The molecule has 0 aliphatic carbocycles. The van der Waals surface area contributed by atoms with Crippen molar-refractivity contribution in [3.8, 4) is 0 Å². The fourth-order valence-electron chi connectivity index (χ4n) is 7.67. The van der Waals surface area contributed by atoms with E-state index in [0.29, 0.717) is 32.2 Å². The second-order valence-corrected chi connectivity index (χ2v) is 19.9. The third-order valence-corrected chi connectivity index (χ3v) is 12.1. The van der Waals surface area contributed by atoms with Crippen molar-refractivity contribution < 1.29 is 92.7 Å². The van der Waals surface area contributed by atoms with Crippen LogP contribution in [-0.4, -0.2) is 187 Å². The third kappa shape index (κ3) is 27.6. The zero-order chi connectivity index (χ0) is 60.9. The lowest BCUT2D eigenvalue weighted by atomic mass is 9.97. The van der Waals surface area contributed by atoms with Crippen molar-refractivity contribution in [3.63, 3.8) is 0 Å². The van der Waals surface area contributed by atoms with Crippen LogP contribution in [0.25, 0.3) is 0 Å². The summed E-state index contributed by atoms with van der Waals surface area (Å²) in [5.74, 6) is -19.1. The Morgan fingerprint density at radius 1 is 0.468 bits per heavy atom. The number of hydrogen-bond acceptors (Lipinski definition) is 16. The van der Waals surface area contributed by atoms with Crippen LogP contribution in [0.4, 0.5) is 0 Å². The van der Waals surface area contributed by atoms with Gasteiger partial charge < -0.3 is 84.4 Å². The van der Waals surface area contributed by atoms with Gasteiger partial charge in [0, 0.05) is 19.4 Å². The van der Waals surface area contributed by atoms with Crippen molar-refractivity contribution in [1.29, 1.82) is 0 Å². The maximum atomic E-state index is 14.6. The summed E-state index contributed by atoms with van der Waals surface area (Å²) in [6.45, 7) is 11.3. The number of carboxylic acids is 5. The molecular weight excluding hydrogens is 1050 g/mol. The van der Waals surface area contributed by atoms with E-state index in [1.54, 1.807) is 13.8 Å². The predicted octanol–water partition coefficient (Wildman–Crippen LogP) is -2.91. The summed E-state index contributed by atoms with van der Waals surface area (Å²) >= 11 is 0. The van der Waals surface area contributed by atoms with Gasteiger partial charge in [0.25, 0.3) is 0 Å². The van der Waals surface area contributed by atoms with Crippen LogP contribution in [0, 0.1) is 17.8 Å². The maximum Gasteiger partial charge on any atom is 0.325 e. The largest absolute Gasteiger partial charge is 0.481 e. The number of rotatable bonds is 40. The Morgan fingerprint density at radius 2 is 0.937 bits per heavy atom. The molecule has 79 heavy (non-hydrogen) atoms. The highest BCUT2D eigenvalue weighted by Crippen LogP contribution is 2.18. The first-order valence-corrected chi connectivity index (χ1v) is 26.0. The molecule has 0 fully saturated rings. The molecule has 0 radical (unpaired) electrons. The van der Waals surface area contributed by atoms with Gasteiger partial charge in [-0.15, -0.1) is 0 Å². The monoisotopic (exact) mass is 1130 g/mol. The van der Waals surface area contributed by atoms with Gasteiger partial charge in [-0.25, -0.2) is 0 Å². The molecule has 9 atom stereocenters. The van der Waals surface area contributed by atoms with E-state index >= 15 is 0 Å². The van der Waals surface area contributed by atoms with E-state index in [1.165, 1.54) is 27.7 Å². The highest BCUT2D eigenvalue weighted by Gasteiger charge is 2.41. The van der Waals surface area contributed by atoms with E-state index in [-0.39, 0.29) is 19.4 Å². The number of unbranched alkanes of at least 4 members (excludes halogenated alkanes) is 3. The minimum Gasteiger partial charge on any atom is -0.481 e. The highest BCUT2D eigenvalue weighted by atomic mass is 16.4. The number of hydrogen-bond donors (Lipinski definition) is 15. The topological polar surface area (TPSA) is 492 Å². The fourth-order valence-corrected chi connectivity index (χ4v) is 7.67. The van der Waals surface area contributed by atoms with Gasteiger partial charge in [0.1, 0.15) is 48.3 Å². The molecule has 0 bridgehead atoms. The molecule has 0 saturated carbocycles. The molecule has 17 N–H and O–H groups in total. The van der Waals surface area contributed by atoms with Gasteiger partial charge in [0.2, 0.25) is 53.2 Å². The average molecular weight is 1130 g/mol. The first kappa shape index (κ1) is 71.5. The van der Waals surface area contributed by atoms with Gasteiger partial charge in [-0.2, -0.15) is 0 Å². The fraction of sp³-hybridized carbons (Fsp3) is 0.714. The highest BCUT2D eigenvalue weighted by molar-refractivity contribution is 5.99.